The van der Waals surface area contributed by atoms with Crippen LogP contribution in [0.5, 0.6) is 0 Å². The van der Waals surface area contributed by atoms with Crippen LogP contribution in [0.2, 0.25) is 0 Å². The van der Waals surface area contributed by atoms with E-state index in [4.69, 9.17) is 5.84 Å². The Labute approximate surface area is 112 Å². The van der Waals surface area contributed by atoms with Crippen LogP contribution in [0.1, 0.15) is 40.5 Å². The highest BCUT2D eigenvalue weighted by Crippen LogP contribution is 2.17. The van der Waals surface area contributed by atoms with Crippen LogP contribution in [0.15, 0.2) is 0 Å². The topological polar surface area (TPSA) is 101 Å². The van der Waals surface area contributed by atoms with Gasteiger partial charge in [-0.05, 0) is 0 Å². The summed E-state index contributed by atoms with van der Waals surface area (Å²) >= 11 is 0. The molecule has 0 aliphatic heterocycles. The molecule has 0 aliphatic carbocycles. The SMILES string of the molecule is CC(=O)N(N)C(=O)CCC(=O)N(C)C(=O)C(C)(C)C. The molecule has 0 fully saturated rings. The first-order valence-electron chi connectivity index (χ1n) is 5.87. The predicted molar refractivity (Wildman–Crippen MR) is 68.2 cm³/mol. The molecule has 0 saturated carbocycles. The summed E-state index contributed by atoms with van der Waals surface area (Å²) in [6.45, 7) is 6.24. The molecule has 19 heavy (non-hydrogen) atoms. The number of imide groups is 2. The van der Waals surface area contributed by atoms with Gasteiger partial charge in [-0.15, -0.1) is 0 Å². The van der Waals surface area contributed by atoms with Crippen molar-refractivity contribution in [3.8, 4) is 0 Å². The number of hydrazine groups is 1. The van der Waals surface area contributed by atoms with Gasteiger partial charge in [-0.1, -0.05) is 20.8 Å². The third kappa shape index (κ3) is 5.17. The van der Waals surface area contributed by atoms with Gasteiger partial charge < -0.3 is 0 Å². The summed E-state index contributed by atoms with van der Waals surface area (Å²) < 4.78 is 0. The van der Waals surface area contributed by atoms with Gasteiger partial charge in [-0.2, -0.15) is 0 Å². The molecule has 0 aromatic carbocycles. The van der Waals surface area contributed by atoms with Crippen LogP contribution in [-0.2, 0) is 19.2 Å². The molecule has 0 bridgehead atoms. The molecule has 0 rings (SSSR count). The van der Waals surface area contributed by atoms with E-state index in [-0.39, 0.29) is 18.7 Å². The summed E-state index contributed by atoms with van der Waals surface area (Å²) in [5.74, 6) is 3.12. The van der Waals surface area contributed by atoms with Gasteiger partial charge in [0.1, 0.15) is 0 Å². The summed E-state index contributed by atoms with van der Waals surface area (Å²) in [5, 5.41) is 0.457. The van der Waals surface area contributed by atoms with Crippen molar-refractivity contribution >= 4 is 23.6 Å². The Morgan fingerprint density at radius 2 is 1.42 bits per heavy atom. The van der Waals surface area contributed by atoms with Crippen molar-refractivity contribution in [2.75, 3.05) is 7.05 Å². The lowest BCUT2D eigenvalue weighted by atomic mass is 9.95. The van der Waals surface area contributed by atoms with E-state index in [1.165, 1.54) is 7.05 Å². The van der Waals surface area contributed by atoms with Gasteiger partial charge in [-0.3, -0.25) is 24.1 Å². The number of nitrogens with zero attached hydrogens (tertiary/aromatic N) is 2. The van der Waals surface area contributed by atoms with Gasteiger partial charge >= 0.3 is 0 Å². The van der Waals surface area contributed by atoms with E-state index < -0.39 is 23.1 Å². The van der Waals surface area contributed by atoms with E-state index in [0.717, 1.165) is 11.8 Å². The largest absolute Gasteiger partial charge is 0.285 e. The third-order valence-corrected chi connectivity index (χ3v) is 2.48. The third-order valence-electron chi connectivity index (χ3n) is 2.48. The van der Waals surface area contributed by atoms with Gasteiger partial charge in [-0.25, -0.2) is 10.9 Å². The molecule has 7 nitrogen and oxygen atoms in total. The zero-order valence-electron chi connectivity index (χ0n) is 12.0. The summed E-state index contributed by atoms with van der Waals surface area (Å²) in [6.07, 6.45) is -0.380. The Balaban J connectivity index is 4.45. The van der Waals surface area contributed by atoms with Crippen molar-refractivity contribution in [3.63, 3.8) is 0 Å². The second-order valence-corrected chi connectivity index (χ2v) is 5.29. The van der Waals surface area contributed by atoms with Crippen molar-refractivity contribution in [2.45, 2.75) is 40.5 Å². The smallest absolute Gasteiger partial charge is 0.244 e. The number of rotatable bonds is 3. The number of amides is 4. The second kappa shape index (κ2) is 6.42. The molecule has 0 radical (unpaired) electrons. The van der Waals surface area contributed by atoms with Crippen molar-refractivity contribution in [1.29, 1.82) is 0 Å². The highest BCUT2D eigenvalue weighted by molar-refractivity contribution is 5.99. The van der Waals surface area contributed by atoms with E-state index in [2.05, 4.69) is 0 Å². The highest BCUT2D eigenvalue weighted by atomic mass is 16.2. The molecule has 0 saturated heterocycles. The van der Waals surface area contributed by atoms with Crippen LogP contribution in [0.25, 0.3) is 0 Å². The molecule has 2 N–H and O–H groups in total. The fourth-order valence-electron chi connectivity index (χ4n) is 1.29. The lowest BCUT2D eigenvalue weighted by molar-refractivity contribution is -0.151. The highest BCUT2D eigenvalue weighted by Gasteiger charge is 2.28. The standard InChI is InChI=1S/C12H21N3O4/c1-8(16)15(13)10(18)7-6-9(17)14(5)11(19)12(2,3)4/h6-7,13H2,1-5H3. The Hall–Kier alpha value is -1.76. The molecule has 0 aromatic heterocycles. The zero-order chi connectivity index (χ0) is 15.4. The van der Waals surface area contributed by atoms with Crippen molar-refractivity contribution < 1.29 is 19.2 Å². The average Bonchev–Trinajstić information content (AvgIpc) is 2.31. The normalized spacial score (nSPS) is 10.8. The van der Waals surface area contributed by atoms with Crippen LogP contribution in [0.4, 0.5) is 0 Å². The van der Waals surface area contributed by atoms with Crippen LogP contribution in [0.3, 0.4) is 0 Å². The van der Waals surface area contributed by atoms with Crippen molar-refractivity contribution in [2.24, 2.45) is 11.3 Å². The fourth-order valence-corrected chi connectivity index (χ4v) is 1.29. The van der Waals surface area contributed by atoms with E-state index in [9.17, 15) is 19.2 Å². The van der Waals surface area contributed by atoms with Gasteiger partial charge in [0.25, 0.3) is 0 Å². The monoisotopic (exact) mass is 271 g/mol. The maximum atomic E-state index is 11.8. The van der Waals surface area contributed by atoms with Gasteiger partial charge in [0.2, 0.25) is 23.6 Å². The van der Waals surface area contributed by atoms with Crippen molar-refractivity contribution in [3.05, 3.63) is 0 Å². The first-order chi connectivity index (χ1) is 8.48. The Bertz CT molecular complexity index is 398. The van der Waals surface area contributed by atoms with Crippen LogP contribution in [-0.4, -0.2) is 40.6 Å². The van der Waals surface area contributed by atoms with E-state index in [1.54, 1.807) is 20.8 Å². The Morgan fingerprint density at radius 1 is 1.00 bits per heavy atom. The molecule has 0 spiro atoms. The minimum absolute atomic E-state index is 0.169. The molecule has 0 unspecified atom stereocenters. The molecule has 108 valence electrons. The van der Waals surface area contributed by atoms with E-state index in [0.29, 0.717) is 5.01 Å². The summed E-state index contributed by atoms with van der Waals surface area (Å²) in [4.78, 5) is 46.8. The zero-order valence-corrected chi connectivity index (χ0v) is 12.0. The predicted octanol–water partition coefficient (Wildman–Crippen LogP) is 0.0465. The summed E-state index contributed by atoms with van der Waals surface area (Å²) in [7, 11) is 1.37. The first kappa shape index (κ1) is 17.2. The van der Waals surface area contributed by atoms with E-state index >= 15 is 0 Å². The minimum atomic E-state index is -0.673. The van der Waals surface area contributed by atoms with E-state index in [1.807, 2.05) is 0 Å². The van der Waals surface area contributed by atoms with Crippen molar-refractivity contribution in [1.82, 2.24) is 9.91 Å². The lowest BCUT2D eigenvalue weighted by Gasteiger charge is -2.24. The molecule has 7 heteroatoms. The molecule has 0 atom stereocenters. The summed E-state index contributed by atoms with van der Waals surface area (Å²) in [5.41, 5.74) is -0.673. The fraction of sp³-hybridized carbons (Fsp3) is 0.667. The quantitative estimate of drug-likeness (QED) is 0.444. The molecular weight excluding hydrogens is 250 g/mol. The van der Waals surface area contributed by atoms with Gasteiger partial charge in [0.05, 0.1) is 0 Å². The molecule has 0 aromatic rings. The Morgan fingerprint density at radius 3 is 1.79 bits per heavy atom. The number of carbonyl (C=O) groups excluding carboxylic acids is 4. The van der Waals surface area contributed by atoms with Gasteiger partial charge in [0.15, 0.2) is 0 Å². The van der Waals surface area contributed by atoms with Crippen LogP contribution in [0, 0.1) is 5.41 Å². The Kier molecular flexibility index (Phi) is 5.82. The molecule has 4 amide bonds. The van der Waals surface area contributed by atoms with Gasteiger partial charge in [0, 0.05) is 32.2 Å². The van der Waals surface area contributed by atoms with Crippen LogP contribution < -0.4 is 5.84 Å². The number of nitrogens with two attached hydrogens (primary N) is 1. The maximum Gasteiger partial charge on any atom is 0.244 e. The molecular formula is C12H21N3O4. The maximum absolute atomic E-state index is 11.8. The van der Waals surface area contributed by atoms with Crippen LogP contribution >= 0.6 is 0 Å². The second-order valence-electron chi connectivity index (χ2n) is 5.29. The number of hydrogen-bond donors (Lipinski definition) is 1. The summed E-state index contributed by atoms with van der Waals surface area (Å²) in [6, 6.07) is 0. The molecule has 0 aliphatic rings. The minimum Gasteiger partial charge on any atom is -0.285 e. The lowest BCUT2D eigenvalue weighted by Crippen LogP contribution is -2.43. The number of carbonyl (C=O) groups is 4. The molecule has 0 heterocycles. The number of hydrogen-bond acceptors (Lipinski definition) is 5. The average molecular weight is 271 g/mol. The first-order valence-corrected chi connectivity index (χ1v) is 5.87.